The molecule has 0 radical (unpaired) electrons. The van der Waals surface area contributed by atoms with Gasteiger partial charge in [-0.3, -0.25) is 9.69 Å². The molecule has 1 N–H and O–H groups in total. The summed E-state index contributed by atoms with van der Waals surface area (Å²) in [6, 6.07) is 4.28. The number of ether oxygens (including phenoxy) is 1. The minimum Gasteiger partial charge on any atom is -0.419 e. The lowest BCUT2D eigenvalue weighted by Crippen LogP contribution is -2.62. The second kappa shape index (κ2) is 6.18. The molecule has 3 aliphatic rings. The summed E-state index contributed by atoms with van der Waals surface area (Å²) >= 11 is 2.67. The smallest absolute Gasteiger partial charge is 0.300 e. The highest BCUT2D eigenvalue weighted by Gasteiger charge is 2.40. The van der Waals surface area contributed by atoms with Gasteiger partial charge in [-0.25, -0.2) is 0 Å². The lowest BCUT2D eigenvalue weighted by Gasteiger charge is -2.49. The molecule has 2 bridgehead atoms. The molecular formula is C15H18N4O2S2. The predicted octanol–water partition coefficient (Wildman–Crippen LogP) is 2.60. The Morgan fingerprint density at radius 1 is 1.39 bits per heavy atom. The van der Waals surface area contributed by atoms with Crippen LogP contribution in [0.2, 0.25) is 0 Å². The molecule has 2 atom stereocenters. The van der Waals surface area contributed by atoms with Gasteiger partial charge in [0.05, 0.1) is 4.88 Å². The number of hydrogen-bond donors (Lipinski definition) is 1. The molecule has 23 heavy (non-hydrogen) atoms. The van der Waals surface area contributed by atoms with Crippen molar-refractivity contribution < 1.29 is 9.53 Å². The minimum atomic E-state index is -0.00675. The molecular weight excluding hydrogens is 332 g/mol. The van der Waals surface area contributed by atoms with E-state index in [1.54, 1.807) is 11.6 Å². The van der Waals surface area contributed by atoms with Crippen LogP contribution in [0.15, 0.2) is 17.6 Å². The van der Waals surface area contributed by atoms with Crippen LogP contribution < -0.4 is 10.1 Å². The Morgan fingerprint density at radius 3 is 2.91 bits per heavy atom. The number of aromatic nitrogens is 2. The highest BCUT2D eigenvalue weighted by Crippen LogP contribution is 2.33. The van der Waals surface area contributed by atoms with Gasteiger partial charge in [0.1, 0.15) is 5.51 Å². The Morgan fingerprint density at radius 2 is 2.22 bits per heavy atom. The fraction of sp³-hybridized carbons (Fsp3) is 0.533. The first kappa shape index (κ1) is 15.0. The summed E-state index contributed by atoms with van der Waals surface area (Å²) in [5, 5.41) is 12.0. The summed E-state index contributed by atoms with van der Waals surface area (Å²) in [6.45, 7) is 4.54. The molecule has 0 aliphatic carbocycles. The molecule has 3 aliphatic heterocycles. The summed E-state index contributed by atoms with van der Waals surface area (Å²) in [6.07, 6.45) is 2.37. The molecule has 1 amide bonds. The first-order chi connectivity index (χ1) is 11.2. The predicted molar refractivity (Wildman–Crippen MR) is 89.3 cm³/mol. The molecule has 2 aromatic heterocycles. The van der Waals surface area contributed by atoms with Crippen LogP contribution in [0.25, 0.3) is 0 Å². The molecule has 5 heterocycles. The number of piperidine rings is 3. The zero-order chi connectivity index (χ0) is 15.8. The average molecular weight is 350 g/mol. The van der Waals surface area contributed by atoms with Gasteiger partial charge in [-0.15, -0.1) is 5.10 Å². The Hall–Kier alpha value is -1.51. The third-order valence-corrected chi connectivity index (χ3v) is 6.34. The first-order valence-corrected chi connectivity index (χ1v) is 9.49. The molecule has 3 fully saturated rings. The van der Waals surface area contributed by atoms with Crippen LogP contribution in [-0.4, -0.2) is 46.2 Å². The Labute approximate surface area is 142 Å². The fourth-order valence-electron chi connectivity index (χ4n) is 3.56. The van der Waals surface area contributed by atoms with Crippen LogP contribution in [0.3, 0.4) is 0 Å². The van der Waals surface area contributed by atoms with Crippen molar-refractivity contribution in [2.75, 3.05) is 13.1 Å². The van der Waals surface area contributed by atoms with Crippen LogP contribution in [0, 0.1) is 5.92 Å². The number of carbonyl (C=O) groups is 1. The molecule has 6 nitrogen and oxygen atoms in total. The number of nitrogens with zero attached hydrogens (tertiary/aromatic N) is 3. The SMILES string of the molecule is CC1C(NC(=O)c2ccc(Oc3nncs3)s2)C2CCN1CC2. The van der Waals surface area contributed by atoms with Crippen molar-refractivity contribution in [1.82, 2.24) is 20.4 Å². The van der Waals surface area contributed by atoms with E-state index in [0.717, 1.165) is 13.1 Å². The van der Waals surface area contributed by atoms with E-state index in [1.165, 1.54) is 35.5 Å². The van der Waals surface area contributed by atoms with Crippen LogP contribution in [0.4, 0.5) is 0 Å². The van der Waals surface area contributed by atoms with Gasteiger partial charge in [0.2, 0.25) is 0 Å². The molecule has 122 valence electrons. The normalized spacial score (nSPS) is 29.4. The molecule has 0 saturated carbocycles. The molecule has 3 saturated heterocycles. The van der Waals surface area contributed by atoms with E-state index in [-0.39, 0.29) is 11.9 Å². The van der Waals surface area contributed by atoms with Gasteiger partial charge in [0.25, 0.3) is 11.1 Å². The summed E-state index contributed by atoms with van der Waals surface area (Å²) in [5.74, 6) is 0.601. The monoisotopic (exact) mass is 350 g/mol. The van der Waals surface area contributed by atoms with E-state index < -0.39 is 0 Å². The largest absolute Gasteiger partial charge is 0.419 e. The van der Waals surface area contributed by atoms with Crippen LogP contribution >= 0.6 is 22.7 Å². The Bertz CT molecular complexity index is 677. The zero-order valence-corrected chi connectivity index (χ0v) is 14.4. The van der Waals surface area contributed by atoms with Gasteiger partial charge >= 0.3 is 0 Å². The first-order valence-electron chi connectivity index (χ1n) is 7.79. The lowest BCUT2D eigenvalue weighted by atomic mass is 9.79. The van der Waals surface area contributed by atoms with Crippen LogP contribution in [0.1, 0.15) is 29.4 Å². The number of fused-ring (bicyclic) bond motifs is 3. The molecule has 2 aromatic rings. The number of carbonyl (C=O) groups excluding carboxylic acids is 1. The van der Waals surface area contributed by atoms with E-state index in [2.05, 4.69) is 27.3 Å². The van der Waals surface area contributed by atoms with Crippen molar-refractivity contribution >= 4 is 28.6 Å². The molecule has 0 spiro atoms. The number of hydrogen-bond acceptors (Lipinski definition) is 7. The van der Waals surface area contributed by atoms with E-state index in [0.29, 0.717) is 27.1 Å². The number of amides is 1. The highest BCUT2D eigenvalue weighted by molar-refractivity contribution is 7.16. The third kappa shape index (κ3) is 2.98. The Kier molecular flexibility index (Phi) is 4.04. The standard InChI is InChI=1S/C15H18N4O2S2/c1-9-13(10-4-6-19(9)7-5-10)17-14(20)11-2-3-12(23-11)21-15-18-16-8-22-15/h2-3,8-10,13H,4-7H2,1H3,(H,17,20). The van der Waals surface area contributed by atoms with Crippen LogP contribution in [0.5, 0.6) is 10.3 Å². The maximum absolute atomic E-state index is 12.6. The quantitative estimate of drug-likeness (QED) is 0.918. The summed E-state index contributed by atoms with van der Waals surface area (Å²) in [7, 11) is 0. The highest BCUT2D eigenvalue weighted by atomic mass is 32.1. The summed E-state index contributed by atoms with van der Waals surface area (Å²) < 4.78 is 5.58. The van der Waals surface area contributed by atoms with Crippen molar-refractivity contribution in [1.29, 1.82) is 0 Å². The van der Waals surface area contributed by atoms with Gasteiger partial charge in [-0.05, 0) is 50.9 Å². The van der Waals surface area contributed by atoms with Crippen molar-refractivity contribution in [3.63, 3.8) is 0 Å². The second-order valence-corrected chi connectivity index (χ2v) is 7.88. The van der Waals surface area contributed by atoms with Gasteiger partial charge < -0.3 is 10.1 Å². The van der Waals surface area contributed by atoms with Gasteiger partial charge in [-0.2, -0.15) is 0 Å². The number of rotatable bonds is 4. The van der Waals surface area contributed by atoms with E-state index in [1.807, 2.05) is 6.07 Å². The number of nitrogens with one attached hydrogen (secondary N) is 1. The van der Waals surface area contributed by atoms with Crippen molar-refractivity contribution in [3.05, 3.63) is 22.5 Å². The topological polar surface area (TPSA) is 67.3 Å². The zero-order valence-electron chi connectivity index (χ0n) is 12.8. The molecule has 0 aromatic carbocycles. The second-order valence-electron chi connectivity index (χ2n) is 6.04. The Balaban J connectivity index is 1.42. The average Bonchev–Trinajstić information content (AvgIpc) is 3.23. The summed E-state index contributed by atoms with van der Waals surface area (Å²) in [4.78, 5) is 15.7. The van der Waals surface area contributed by atoms with Gasteiger partial charge in [0, 0.05) is 12.1 Å². The van der Waals surface area contributed by atoms with Crippen molar-refractivity contribution in [2.45, 2.75) is 31.8 Å². The molecule has 5 rings (SSSR count). The fourth-order valence-corrected chi connectivity index (χ4v) is 4.79. The minimum absolute atomic E-state index is 0.00675. The van der Waals surface area contributed by atoms with Crippen molar-refractivity contribution in [3.8, 4) is 10.3 Å². The van der Waals surface area contributed by atoms with Gasteiger partial charge in [0.15, 0.2) is 5.06 Å². The third-order valence-electron chi connectivity index (χ3n) is 4.81. The van der Waals surface area contributed by atoms with Crippen LogP contribution in [-0.2, 0) is 0 Å². The van der Waals surface area contributed by atoms with E-state index >= 15 is 0 Å². The van der Waals surface area contributed by atoms with E-state index in [4.69, 9.17) is 4.74 Å². The molecule has 2 unspecified atom stereocenters. The van der Waals surface area contributed by atoms with Gasteiger partial charge in [-0.1, -0.05) is 27.8 Å². The molecule has 8 heteroatoms. The maximum Gasteiger partial charge on any atom is 0.300 e. The lowest BCUT2D eigenvalue weighted by molar-refractivity contribution is 0.0218. The van der Waals surface area contributed by atoms with Crippen molar-refractivity contribution in [2.24, 2.45) is 5.92 Å². The maximum atomic E-state index is 12.6. The van der Waals surface area contributed by atoms with E-state index in [9.17, 15) is 4.79 Å². The summed E-state index contributed by atoms with van der Waals surface area (Å²) in [5.41, 5.74) is 1.62. The number of thiophene rings is 1.